The Morgan fingerprint density at radius 2 is 1.81 bits per heavy atom. The van der Waals surface area contributed by atoms with Crippen molar-refractivity contribution in [3.05, 3.63) is 66.5 Å². The lowest BCUT2D eigenvalue weighted by molar-refractivity contribution is 0.102. The van der Waals surface area contributed by atoms with Gasteiger partial charge < -0.3 is 10.6 Å². The van der Waals surface area contributed by atoms with E-state index < -0.39 is 0 Å². The average molecular weight is 379 g/mol. The van der Waals surface area contributed by atoms with Crippen molar-refractivity contribution >= 4 is 23.4 Å². The van der Waals surface area contributed by atoms with Gasteiger partial charge in [0, 0.05) is 9.79 Å². The van der Waals surface area contributed by atoms with Gasteiger partial charge in [0.05, 0.1) is 17.9 Å². The maximum absolute atomic E-state index is 12.7. The molecule has 1 aromatic heterocycles. The summed E-state index contributed by atoms with van der Waals surface area (Å²) in [6.45, 7) is 1.94. The summed E-state index contributed by atoms with van der Waals surface area (Å²) in [5, 5.41) is 14.5. The third kappa shape index (κ3) is 4.37. The largest absolute Gasteiger partial charge is 0.319 e. The zero-order valence-corrected chi connectivity index (χ0v) is 15.7. The molecule has 2 N–H and O–H groups in total. The molecule has 138 valence electrons. The molecule has 0 unspecified atom stereocenters. The molecule has 2 heterocycles. The number of hydrogen-bond acceptors (Lipinski definition) is 5. The van der Waals surface area contributed by atoms with E-state index in [9.17, 15) is 4.79 Å². The van der Waals surface area contributed by atoms with Crippen molar-refractivity contribution in [2.75, 3.05) is 18.4 Å². The third-order valence-corrected chi connectivity index (χ3v) is 5.62. The molecule has 7 heteroatoms. The van der Waals surface area contributed by atoms with Gasteiger partial charge in [-0.25, -0.2) is 4.68 Å². The summed E-state index contributed by atoms with van der Waals surface area (Å²) in [7, 11) is 0. The van der Waals surface area contributed by atoms with Gasteiger partial charge >= 0.3 is 0 Å². The van der Waals surface area contributed by atoms with Crippen molar-refractivity contribution in [2.24, 2.45) is 0 Å². The van der Waals surface area contributed by atoms with Crippen molar-refractivity contribution in [1.29, 1.82) is 0 Å². The highest BCUT2D eigenvalue weighted by molar-refractivity contribution is 7.99. The molecule has 1 saturated heterocycles. The number of carbonyl (C=O) groups is 1. The van der Waals surface area contributed by atoms with Gasteiger partial charge in [-0.2, -0.15) is 0 Å². The molecule has 4 rings (SSSR count). The highest BCUT2D eigenvalue weighted by atomic mass is 32.2. The van der Waals surface area contributed by atoms with E-state index in [0.717, 1.165) is 41.4 Å². The standard InChI is InChI=1S/C20H21N5OS/c26-20(18-14-25(24-23-18)15-10-12-21-13-11-15)22-17-8-4-5-9-19(17)27-16-6-2-1-3-7-16/h1-9,14-15,21H,10-13H2,(H,22,26). The van der Waals surface area contributed by atoms with Crippen LogP contribution < -0.4 is 10.6 Å². The van der Waals surface area contributed by atoms with Gasteiger partial charge in [0.1, 0.15) is 0 Å². The molecule has 1 amide bonds. The first kappa shape index (κ1) is 17.8. The maximum Gasteiger partial charge on any atom is 0.277 e. The minimum Gasteiger partial charge on any atom is -0.319 e. The van der Waals surface area contributed by atoms with Crippen LogP contribution in [0.25, 0.3) is 0 Å². The topological polar surface area (TPSA) is 71.8 Å². The lowest BCUT2D eigenvalue weighted by Crippen LogP contribution is -2.29. The molecule has 0 atom stereocenters. The van der Waals surface area contributed by atoms with Crippen molar-refractivity contribution in [3.8, 4) is 0 Å². The van der Waals surface area contributed by atoms with Crippen molar-refractivity contribution < 1.29 is 4.79 Å². The Kier molecular flexibility index (Phi) is 5.50. The van der Waals surface area contributed by atoms with E-state index in [1.165, 1.54) is 0 Å². The quantitative estimate of drug-likeness (QED) is 0.709. The van der Waals surface area contributed by atoms with E-state index >= 15 is 0 Å². The molecule has 1 aliphatic rings. The molecule has 1 fully saturated rings. The van der Waals surface area contributed by atoms with Crippen LogP contribution in [0.3, 0.4) is 0 Å². The van der Waals surface area contributed by atoms with Crippen LogP contribution in [0.4, 0.5) is 5.69 Å². The molecule has 1 aliphatic heterocycles. The highest BCUT2D eigenvalue weighted by Crippen LogP contribution is 2.33. The molecule has 2 aromatic carbocycles. The van der Waals surface area contributed by atoms with Gasteiger partial charge in [-0.3, -0.25) is 4.79 Å². The van der Waals surface area contributed by atoms with Crippen molar-refractivity contribution in [2.45, 2.75) is 28.7 Å². The number of benzene rings is 2. The summed E-state index contributed by atoms with van der Waals surface area (Å²) in [6, 6.07) is 18.2. The van der Waals surface area contributed by atoms with E-state index in [1.807, 2.05) is 59.3 Å². The van der Waals surface area contributed by atoms with Gasteiger partial charge in [-0.15, -0.1) is 5.10 Å². The van der Waals surface area contributed by atoms with Crippen LogP contribution in [0.5, 0.6) is 0 Å². The summed E-state index contributed by atoms with van der Waals surface area (Å²) in [6.07, 6.45) is 3.75. The monoisotopic (exact) mass is 379 g/mol. The number of piperidine rings is 1. The Balaban J connectivity index is 1.48. The number of nitrogens with zero attached hydrogens (tertiary/aromatic N) is 3. The Morgan fingerprint density at radius 1 is 1.07 bits per heavy atom. The number of rotatable bonds is 5. The fraction of sp³-hybridized carbons (Fsp3) is 0.250. The molecule has 6 nitrogen and oxygen atoms in total. The van der Waals surface area contributed by atoms with E-state index in [2.05, 4.69) is 20.9 Å². The van der Waals surface area contributed by atoms with Crippen LogP contribution in [-0.4, -0.2) is 34.0 Å². The second-order valence-electron chi connectivity index (χ2n) is 6.43. The minimum atomic E-state index is -0.240. The van der Waals surface area contributed by atoms with Crippen molar-refractivity contribution in [3.63, 3.8) is 0 Å². The number of hydrogen-bond donors (Lipinski definition) is 2. The van der Waals surface area contributed by atoms with Crippen LogP contribution in [0.15, 0.2) is 70.6 Å². The second-order valence-corrected chi connectivity index (χ2v) is 7.55. The Hall–Kier alpha value is -2.64. The normalized spacial score (nSPS) is 14.8. The summed E-state index contributed by atoms with van der Waals surface area (Å²) >= 11 is 1.62. The SMILES string of the molecule is O=C(Nc1ccccc1Sc1ccccc1)c1cn(C2CCNCC2)nn1. The fourth-order valence-corrected chi connectivity index (χ4v) is 4.01. The van der Waals surface area contributed by atoms with Gasteiger partial charge in [0.15, 0.2) is 5.69 Å². The summed E-state index contributed by atoms with van der Waals surface area (Å²) in [5.41, 5.74) is 1.11. The second kappa shape index (κ2) is 8.37. The third-order valence-electron chi connectivity index (χ3n) is 4.53. The number of nitrogens with one attached hydrogen (secondary N) is 2. The highest BCUT2D eigenvalue weighted by Gasteiger charge is 2.19. The van der Waals surface area contributed by atoms with Gasteiger partial charge in [0.2, 0.25) is 0 Å². The Labute approximate surface area is 162 Å². The predicted octanol–water partition coefficient (Wildman–Crippen LogP) is 3.61. The van der Waals surface area contributed by atoms with Crippen LogP contribution in [0, 0.1) is 0 Å². The maximum atomic E-state index is 12.7. The molecular formula is C20H21N5OS. The van der Waals surface area contributed by atoms with Gasteiger partial charge in [0.25, 0.3) is 5.91 Å². The first-order valence-corrected chi connectivity index (χ1v) is 9.87. The number of para-hydroxylation sites is 1. The van der Waals surface area contributed by atoms with Crippen LogP contribution >= 0.6 is 11.8 Å². The molecule has 0 aliphatic carbocycles. The molecule has 0 radical (unpaired) electrons. The minimum absolute atomic E-state index is 0.240. The number of amides is 1. The summed E-state index contributed by atoms with van der Waals surface area (Å²) < 4.78 is 1.82. The van der Waals surface area contributed by atoms with E-state index in [1.54, 1.807) is 18.0 Å². The number of anilines is 1. The lowest BCUT2D eigenvalue weighted by atomic mass is 10.1. The van der Waals surface area contributed by atoms with Crippen LogP contribution in [0.1, 0.15) is 29.4 Å². The first-order valence-electron chi connectivity index (χ1n) is 9.05. The van der Waals surface area contributed by atoms with E-state index in [4.69, 9.17) is 0 Å². The molecule has 0 saturated carbocycles. The zero-order valence-electron chi connectivity index (χ0n) is 14.8. The smallest absolute Gasteiger partial charge is 0.277 e. The first-order chi connectivity index (χ1) is 13.3. The van der Waals surface area contributed by atoms with Crippen molar-refractivity contribution in [1.82, 2.24) is 20.3 Å². The molecule has 0 spiro atoms. The van der Waals surface area contributed by atoms with E-state index in [-0.39, 0.29) is 5.91 Å². The molecule has 0 bridgehead atoms. The zero-order chi connectivity index (χ0) is 18.5. The fourth-order valence-electron chi connectivity index (χ4n) is 3.09. The lowest BCUT2D eigenvalue weighted by Gasteiger charge is -2.22. The Bertz CT molecular complexity index is 906. The van der Waals surface area contributed by atoms with Gasteiger partial charge in [-0.1, -0.05) is 47.3 Å². The summed E-state index contributed by atoms with van der Waals surface area (Å²) in [4.78, 5) is 14.8. The van der Waals surface area contributed by atoms with Gasteiger partial charge in [-0.05, 0) is 50.2 Å². The van der Waals surface area contributed by atoms with E-state index in [0.29, 0.717) is 11.7 Å². The van der Waals surface area contributed by atoms with Crippen LogP contribution in [0.2, 0.25) is 0 Å². The predicted molar refractivity (Wildman–Crippen MR) is 106 cm³/mol. The number of aromatic nitrogens is 3. The molecular weight excluding hydrogens is 358 g/mol. The average Bonchev–Trinajstić information content (AvgIpc) is 3.21. The summed E-state index contributed by atoms with van der Waals surface area (Å²) in [5.74, 6) is -0.240. The number of carbonyl (C=O) groups excluding carboxylic acids is 1. The van der Waals surface area contributed by atoms with Crippen LogP contribution in [-0.2, 0) is 0 Å². The Morgan fingerprint density at radius 3 is 2.63 bits per heavy atom. The molecule has 3 aromatic rings. The molecule has 27 heavy (non-hydrogen) atoms.